The van der Waals surface area contributed by atoms with Gasteiger partial charge in [-0.3, -0.25) is 4.79 Å². The number of nitrogens with zero attached hydrogens (tertiary/aromatic N) is 3. The molecule has 0 unspecified atom stereocenters. The van der Waals surface area contributed by atoms with Crippen LogP contribution in [0.4, 0.5) is 0 Å². The molecule has 6 heteroatoms. The summed E-state index contributed by atoms with van der Waals surface area (Å²) in [5.74, 6) is 1.57. The van der Waals surface area contributed by atoms with Crippen molar-refractivity contribution in [3.05, 3.63) is 60.3 Å². The molecule has 0 saturated carbocycles. The molecule has 1 aromatic heterocycles. The van der Waals surface area contributed by atoms with Crippen LogP contribution in [-0.4, -0.2) is 48.4 Å². The first-order valence-corrected chi connectivity index (χ1v) is 9.57. The Kier molecular flexibility index (Phi) is 6.22. The number of carbonyl (C=O) groups is 1. The quantitative estimate of drug-likeness (QED) is 0.601. The molecule has 0 saturated heterocycles. The fraction of sp³-hybridized carbons (Fsp3) is 0.304. The highest BCUT2D eigenvalue weighted by Crippen LogP contribution is 2.35. The highest BCUT2D eigenvalue weighted by molar-refractivity contribution is 6.00. The van der Waals surface area contributed by atoms with Crippen LogP contribution in [0.2, 0.25) is 0 Å². The number of hydrogen-bond donors (Lipinski definition) is 0. The molecule has 1 heterocycles. The minimum atomic E-state index is -0.0752. The molecule has 0 spiro atoms. The number of hydrogen-bond acceptors (Lipinski definition) is 4. The Bertz CT molecular complexity index is 980. The van der Waals surface area contributed by atoms with E-state index in [0.29, 0.717) is 35.2 Å². The van der Waals surface area contributed by atoms with Crippen LogP contribution in [0, 0.1) is 5.92 Å². The molecule has 29 heavy (non-hydrogen) atoms. The third-order valence-corrected chi connectivity index (χ3v) is 4.61. The zero-order valence-corrected chi connectivity index (χ0v) is 17.5. The first-order chi connectivity index (χ1) is 13.9. The molecule has 152 valence electrons. The lowest BCUT2D eigenvalue weighted by molar-refractivity contribution is 0.0780. The molecule has 0 atom stereocenters. The van der Waals surface area contributed by atoms with Gasteiger partial charge in [0, 0.05) is 31.4 Å². The fourth-order valence-electron chi connectivity index (χ4n) is 3.27. The van der Waals surface area contributed by atoms with Crippen molar-refractivity contribution >= 4 is 5.91 Å². The monoisotopic (exact) mass is 393 g/mol. The summed E-state index contributed by atoms with van der Waals surface area (Å²) in [5.41, 5.74) is 2.73. The number of aromatic nitrogens is 2. The summed E-state index contributed by atoms with van der Waals surface area (Å²) in [7, 11) is 5.02. The van der Waals surface area contributed by atoms with E-state index in [4.69, 9.17) is 14.6 Å². The van der Waals surface area contributed by atoms with E-state index in [1.54, 1.807) is 36.1 Å². The Morgan fingerprint density at radius 3 is 2.45 bits per heavy atom. The van der Waals surface area contributed by atoms with Gasteiger partial charge < -0.3 is 14.4 Å². The molecule has 3 aromatic rings. The van der Waals surface area contributed by atoms with Crippen molar-refractivity contribution in [1.82, 2.24) is 14.7 Å². The van der Waals surface area contributed by atoms with Gasteiger partial charge in [0.15, 0.2) is 0 Å². The molecule has 1 amide bonds. The summed E-state index contributed by atoms with van der Waals surface area (Å²) in [6, 6.07) is 15.2. The molecule has 6 nitrogen and oxygen atoms in total. The maximum atomic E-state index is 13.2. The maximum absolute atomic E-state index is 13.2. The van der Waals surface area contributed by atoms with Gasteiger partial charge in [-0.1, -0.05) is 32.0 Å². The molecule has 0 aliphatic carbocycles. The van der Waals surface area contributed by atoms with Crippen LogP contribution >= 0.6 is 0 Å². The van der Waals surface area contributed by atoms with E-state index < -0.39 is 0 Å². The smallest absolute Gasteiger partial charge is 0.257 e. The number of ether oxygens (including phenoxy) is 2. The summed E-state index contributed by atoms with van der Waals surface area (Å²) in [6.45, 7) is 4.84. The lowest BCUT2D eigenvalue weighted by Crippen LogP contribution is -2.30. The number of carbonyl (C=O) groups excluding carboxylic acids is 1. The van der Waals surface area contributed by atoms with Gasteiger partial charge in [-0.05, 0) is 30.2 Å². The molecule has 0 fully saturated rings. The average Bonchev–Trinajstić information content (AvgIpc) is 3.17. The average molecular weight is 393 g/mol. The number of amides is 1. The molecule has 0 N–H and O–H groups in total. The van der Waals surface area contributed by atoms with E-state index in [1.807, 2.05) is 49.5 Å². The SMILES string of the molecule is COc1ccc(-c2nn(-c3ccccc3)cc2C(=O)N(C)CC(C)C)c(OC)c1. The fourth-order valence-corrected chi connectivity index (χ4v) is 3.27. The second kappa shape index (κ2) is 8.82. The van der Waals surface area contributed by atoms with Gasteiger partial charge in [-0.15, -0.1) is 0 Å². The second-order valence-corrected chi connectivity index (χ2v) is 7.32. The van der Waals surface area contributed by atoms with Crippen molar-refractivity contribution in [2.24, 2.45) is 5.92 Å². The zero-order valence-electron chi connectivity index (χ0n) is 17.5. The third kappa shape index (κ3) is 4.42. The summed E-state index contributed by atoms with van der Waals surface area (Å²) < 4.78 is 12.6. The molecular weight excluding hydrogens is 366 g/mol. The number of rotatable bonds is 7. The highest BCUT2D eigenvalue weighted by atomic mass is 16.5. The van der Waals surface area contributed by atoms with E-state index in [2.05, 4.69) is 13.8 Å². The largest absolute Gasteiger partial charge is 0.497 e. The van der Waals surface area contributed by atoms with E-state index in [-0.39, 0.29) is 5.91 Å². The maximum Gasteiger partial charge on any atom is 0.257 e. The zero-order chi connectivity index (χ0) is 21.0. The van der Waals surface area contributed by atoms with Gasteiger partial charge in [0.2, 0.25) is 0 Å². The van der Waals surface area contributed by atoms with E-state index in [0.717, 1.165) is 11.3 Å². The van der Waals surface area contributed by atoms with Crippen molar-refractivity contribution in [2.45, 2.75) is 13.8 Å². The number of benzene rings is 2. The Labute approximate surface area is 171 Å². The Morgan fingerprint density at radius 2 is 1.83 bits per heavy atom. The predicted octanol–water partition coefficient (Wildman–Crippen LogP) is 4.28. The predicted molar refractivity (Wildman–Crippen MR) is 114 cm³/mol. The van der Waals surface area contributed by atoms with E-state index in [9.17, 15) is 4.79 Å². The lowest BCUT2D eigenvalue weighted by atomic mass is 10.1. The molecule has 3 rings (SSSR count). The first kappa shape index (κ1) is 20.5. The standard InChI is InChI=1S/C23H27N3O3/c1-16(2)14-25(3)23(27)20-15-26(17-9-7-6-8-10-17)24-22(20)19-12-11-18(28-4)13-21(19)29-5/h6-13,15-16H,14H2,1-5H3. The summed E-state index contributed by atoms with van der Waals surface area (Å²) >= 11 is 0. The van der Waals surface area contributed by atoms with Crippen molar-refractivity contribution in [3.63, 3.8) is 0 Å². The van der Waals surface area contributed by atoms with Crippen LogP contribution in [0.15, 0.2) is 54.7 Å². The van der Waals surface area contributed by atoms with Crippen LogP contribution in [0.5, 0.6) is 11.5 Å². The second-order valence-electron chi connectivity index (χ2n) is 7.32. The van der Waals surface area contributed by atoms with Crippen molar-refractivity contribution in [1.29, 1.82) is 0 Å². The molecule has 0 aliphatic heterocycles. The van der Waals surface area contributed by atoms with Gasteiger partial charge in [-0.25, -0.2) is 4.68 Å². The van der Waals surface area contributed by atoms with Gasteiger partial charge in [0.05, 0.1) is 25.5 Å². The van der Waals surface area contributed by atoms with Gasteiger partial charge in [0.25, 0.3) is 5.91 Å². The first-order valence-electron chi connectivity index (χ1n) is 9.57. The third-order valence-electron chi connectivity index (χ3n) is 4.61. The van der Waals surface area contributed by atoms with Crippen LogP contribution in [-0.2, 0) is 0 Å². The summed E-state index contributed by atoms with van der Waals surface area (Å²) in [5, 5.41) is 4.75. The van der Waals surface area contributed by atoms with E-state index in [1.165, 1.54) is 0 Å². The van der Waals surface area contributed by atoms with Crippen LogP contribution in [0.3, 0.4) is 0 Å². The van der Waals surface area contributed by atoms with Crippen LogP contribution in [0.25, 0.3) is 16.9 Å². The van der Waals surface area contributed by atoms with Gasteiger partial charge in [-0.2, -0.15) is 5.10 Å². The minimum absolute atomic E-state index is 0.0752. The summed E-state index contributed by atoms with van der Waals surface area (Å²) in [4.78, 5) is 15.0. The van der Waals surface area contributed by atoms with Crippen molar-refractivity contribution < 1.29 is 14.3 Å². The van der Waals surface area contributed by atoms with Gasteiger partial charge >= 0.3 is 0 Å². The Balaban J connectivity index is 2.14. The van der Waals surface area contributed by atoms with Gasteiger partial charge in [0.1, 0.15) is 17.2 Å². The molecule has 0 radical (unpaired) electrons. The van der Waals surface area contributed by atoms with E-state index >= 15 is 0 Å². The lowest BCUT2D eigenvalue weighted by Gasteiger charge is -2.19. The highest BCUT2D eigenvalue weighted by Gasteiger charge is 2.24. The molecule has 0 bridgehead atoms. The Hall–Kier alpha value is -3.28. The Morgan fingerprint density at radius 1 is 1.10 bits per heavy atom. The van der Waals surface area contributed by atoms with Crippen LogP contribution < -0.4 is 9.47 Å². The molecular formula is C23H27N3O3. The van der Waals surface area contributed by atoms with Crippen LogP contribution in [0.1, 0.15) is 24.2 Å². The summed E-state index contributed by atoms with van der Waals surface area (Å²) in [6.07, 6.45) is 1.79. The van der Waals surface area contributed by atoms with Crippen molar-refractivity contribution in [2.75, 3.05) is 27.8 Å². The minimum Gasteiger partial charge on any atom is -0.497 e. The topological polar surface area (TPSA) is 56.6 Å². The number of para-hydroxylation sites is 1. The molecule has 2 aromatic carbocycles. The van der Waals surface area contributed by atoms with Crippen molar-refractivity contribution in [3.8, 4) is 28.4 Å². The number of methoxy groups -OCH3 is 2. The molecule has 0 aliphatic rings. The normalized spacial score (nSPS) is 10.8.